The standard InChI is InChI=1S/C29H29ClF2N6O2/c1-14-12-33-26(17-8-7-9-21(24(17)31)29(4,5)35-16(3)39)25(32)27(14)38-15(2)10-20(23(30)28(38)40)18-11-19(18)22-13-34-37(6)36-22/h7-10,12-13,18-19H,11H2,1-6H3,(H,35,39)/t18-,19-/m0/s1/i6D3. The molecule has 0 spiro atoms. The number of halogens is 3. The van der Waals surface area contributed by atoms with E-state index < -0.39 is 29.7 Å². The van der Waals surface area contributed by atoms with E-state index in [0.29, 0.717) is 33.7 Å². The van der Waals surface area contributed by atoms with Crippen molar-refractivity contribution in [2.24, 2.45) is 6.98 Å². The van der Waals surface area contributed by atoms with Gasteiger partial charge in [-0.2, -0.15) is 15.0 Å². The summed E-state index contributed by atoms with van der Waals surface area (Å²) in [7, 11) is 0. The van der Waals surface area contributed by atoms with E-state index in [1.165, 1.54) is 31.5 Å². The molecular formula is C29H29ClF2N6O2. The Morgan fingerprint density at radius 1 is 1.20 bits per heavy atom. The van der Waals surface area contributed by atoms with E-state index in [1.54, 1.807) is 39.8 Å². The highest BCUT2D eigenvalue weighted by atomic mass is 35.5. The Kier molecular flexibility index (Phi) is 5.93. The first kappa shape index (κ1) is 23.9. The fourth-order valence-electron chi connectivity index (χ4n) is 5.32. The number of amides is 1. The van der Waals surface area contributed by atoms with Crippen LogP contribution >= 0.6 is 11.6 Å². The van der Waals surface area contributed by atoms with Crippen LogP contribution in [-0.2, 0) is 17.3 Å². The van der Waals surface area contributed by atoms with Crippen LogP contribution in [0.5, 0.6) is 0 Å². The molecule has 8 nitrogen and oxygen atoms in total. The number of nitrogens with one attached hydrogen (secondary N) is 1. The number of hydrogen-bond acceptors (Lipinski definition) is 5. The second-order valence-corrected chi connectivity index (χ2v) is 11.0. The van der Waals surface area contributed by atoms with Gasteiger partial charge in [-0.3, -0.25) is 19.1 Å². The molecule has 0 radical (unpaired) electrons. The second-order valence-electron chi connectivity index (χ2n) is 10.6. The molecule has 5 rings (SSSR count). The first-order valence-corrected chi connectivity index (χ1v) is 13.0. The molecule has 3 heterocycles. The summed E-state index contributed by atoms with van der Waals surface area (Å²) in [5, 5.41) is 10.5. The quantitative estimate of drug-likeness (QED) is 0.344. The van der Waals surface area contributed by atoms with Crippen LogP contribution in [0, 0.1) is 25.5 Å². The maximum Gasteiger partial charge on any atom is 0.274 e. The van der Waals surface area contributed by atoms with Crippen molar-refractivity contribution >= 4 is 17.5 Å². The van der Waals surface area contributed by atoms with Gasteiger partial charge in [-0.25, -0.2) is 8.78 Å². The number of nitrogens with zero attached hydrogens (tertiary/aromatic N) is 5. The van der Waals surface area contributed by atoms with Gasteiger partial charge in [0.1, 0.15) is 16.5 Å². The monoisotopic (exact) mass is 569 g/mol. The largest absolute Gasteiger partial charge is 0.347 e. The number of aryl methyl sites for hydroxylation is 3. The highest BCUT2D eigenvalue weighted by Gasteiger charge is 2.43. The third kappa shape index (κ3) is 4.70. The summed E-state index contributed by atoms with van der Waals surface area (Å²) >= 11 is 6.59. The van der Waals surface area contributed by atoms with Crippen LogP contribution < -0.4 is 10.9 Å². The lowest BCUT2D eigenvalue weighted by Crippen LogP contribution is -2.40. The lowest BCUT2D eigenvalue weighted by molar-refractivity contribution is -0.120. The predicted octanol–water partition coefficient (Wildman–Crippen LogP) is 5.22. The molecule has 0 saturated heterocycles. The average molecular weight is 570 g/mol. The minimum atomic E-state index is -2.51. The van der Waals surface area contributed by atoms with Crippen molar-refractivity contribution in [1.82, 2.24) is 29.9 Å². The highest BCUT2D eigenvalue weighted by molar-refractivity contribution is 6.31. The van der Waals surface area contributed by atoms with Crippen LogP contribution in [0.1, 0.15) is 71.2 Å². The van der Waals surface area contributed by atoms with Crippen molar-refractivity contribution in [3.05, 3.63) is 91.7 Å². The molecule has 1 aromatic carbocycles. The molecule has 208 valence electrons. The van der Waals surface area contributed by atoms with E-state index in [9.17, 15) is 9.59 Å². The number of carbonyl (C=O) groups excluding carboxylic acids is 1. The van der Waals surface area contributed by atoms with Gasteiger partial charge in [-0.1, -0.05) is 23.7 Å². The predicted molar refractivity (Wildman–Crippen MR) is 148 cm³/mol. The Balaban J connectivity index is 1.56. The lowest BCUT2D eigenvalue weighted by atomic mass is 9.91. The van der Waals surface area contributed by atoms with Crippen molar-refractivity contribution < 1.29 is 17.7 Å². The van der Waals surface area contributed by atoms with Gasteiger partial charge in [-0.15, -0.1) is 0 Å². The molecular weight excluding hydrogens is 538 g/mol. The topological polar surface area (TPSA) is 94.7 Å². The zero-order valence-electron chi connectivity index (χ0n) is 25.5. The molecule has 0 unspecified atom stereocenters. The van der Waals surface area contributed by atoms with E-state index in [0.717, 1.165) is 4.57 Å². The molecule has 1 saturated carbocycles. The van der Waals surface area contributed by atoms with Gasteiger partial charge in [0.25, 0.3) is 5.56 Å². The van der Waals surface area contributed by atoms with Crippen LogP contribution in [0.4, 0.5) is 8.78 Å². The third-order valence-corrected chi connectivity index (χ3v) is 7.64. The molecule has 3 aromatic heterocycles. The van der Waals surface area contributed by atoms with Gasteiger partial charge in [0.15, 0.2) is 5.82 Å². The van der Waals surface area contributed by atoms with Crippen molar-refractivity contribution in [2.45, 2.75) is 58.4 Å². The Hall–Kier alpha value is -3.92. The number of aromatic nitrogens is 5. The maximum atomic E-state index is 16.3. The molecule has 1 N–H and O–H groups in total. The minimum absolute atomic E-state index is 0.108. The number of hydrogen-bond donors (Lipinski definition) is 1. The summed E-state index contributed by atoms with van der Waals surface area (Å²) in [6.07, 6.45) is 3.33. The van der Waals surface area contributed by atoms with Crippen molar-refractivity contribution in [2.75, 3.05) is 0 Å². The first-order valence-electron chi connectivity index (χ1n) is 14.1. The van der Waals surface area contributed by atoms with Gasteiger partial charge in [0.2, 0.25) is 5.91 Å². The molecule has 1 amide bonds. The van der Waals surface area contributed by atoms with Crippen LogP contribution in [0.3, 0.4) is 0 Å². The third-order valence-electron chi connectivity index (χ3n) is 7.26. The Bertz CT molecular complexity index is 1840. The van der Waals surface area contributed by atoms with Crippen molar-refractivity contribution in [3.8, 4) is 16.9 Å². The fourth-order valence-corrected chi connectivity index (χ4v) is 5.60. The SMILES string of the molecule is [2H]C([2H])([2H])n1ncc([C@H]2C[C@@H]2c2cc(C)n(-c3c(C)cnc(-c4cccc(C(C)(C)NC(C)=O)c4F)c3F)c(=O)c2Cl)n1. The van der Waals surface area contributed by atoms with Crippen LogP contribution in [0.2, 0.25) is 5.02 Å². The number of carbonyl (C=O) groups is 1. The van der Waals surface area contributed by atoms with E-state index in [1.807, 2.05) is 0 Å². The Morgan fingerprint density at radius 2 is 1.95 bits per heavy atom. The molecule has 11 heteroatoms. The van der Waals surface area contributed by atoms with Gasteiger partial charge < -0.3 is 5.32 Å². The van der Waals surface area contributed by atoms with Crippen molar-refractivity contribution in [1.29, 1.82) is 0 Å². The number of pyridine rings is 2. The summed E-state index contributed by atoms with van der Waals surface area (Å²) < 4.78 is 55.7. The van der Waals surface area contributed by atoms with Gasteiger partial charge >= 0.3 is 0 Å². The molecule has 1 fully saturated rings. The van der Waals surface area contributed by atoms with E-state index >= 15 is 8.78 Å². The molecule has 1 aliphatic rings. The Labute approximate surface area is 239 Å². The summed E-state index contributed by atoms with van der Waals surface area (Å²) in [4.78, 5) is 30.2. The maximum absolute atomic E-state index is 16.3. The summed E-state index contributed by atoms with van der Waals surface area (Å²) in [5.74, 6) is -2.39. The molecule has 4 aromatic rings. The summed E-state index contributed by atoms with van der Waals surface area (Å²) in [6, 6.07) is 6.13. The average Bonchev–Trinajstić information content (AvgIpc) is 3.52. The molecule has 0 aliphatic heterocycles. The summed E-state index contributed by atoms with van der Waals surface area (Å²) in [5.41, 5.74) is -0.411. The summed E-state index contributed by atoms with van der Waals surface area (Å²) in [6.45, 7) is 5.30. The lowest BCUT2D eigenvalue weighted by Gasteiger charge is -2.27. The van der Waals surface area contributed by atoms with E-state index in [4.69, 9.17) is 15.7 Å². The zero-order valence-corrected chi connectivity index (χ0v) is 23.3. The van der Waals surface area contributed by atoms with Crippen LogP contribution in [-0.4, -0.2) is 30.5 Å². The van der Waals surface area contributed by atoms with Gasteiger partial charge in [0.05, 0.1) is 23.1 Å². The fraction of sp³-hybridized carbons (Fsp3) is 0.345. The molecule has 1 aliphatic carbocycles. The van der Waals surface area contributed by atoms with Gasteiger partial charge in [0, 0.05) is 46.9 Å². The smallest absolute Gasteiger partial charge is 0.274 e. The number of rotatable bonds is 6. The number of benzene rings is 1. The van der Waals surface area contributed by atoms with Crippen LogP contribution in [0.15, 0.2) is 41.5 Å². The molecule has 2 atom stereocenters. The Morgan fingerprint density at radius 3 is 2.62 bits per heavy atom. The molecule has 0 bridgehead atoms. The second kappa shape index (κ2) is 9.92. The van der Waals surface area contributed by atoms with E-state index in [-0.39, 0.29) is 45.3 Å². The van der Waals surface area contributed by atoms with Gasteiger partial charge in [-0.05, 0) is 63.3 Å². The van der Waals surface area contributed by atoms with Crippen molar-refractivity contribution in [3.63, 3.8) is 0 Å². The van der Waals surface area contributed by atoms with Crippen LogP contribution in [0.25, 0.3) is 16.9 Å². The zero-order chi connectivity index (χ0) is 31.6. The highest BCUT2D eigenvalue weighted by Crippen LogP contribution is 2.55. The minimum Gasteiger partial charge on any atom is -0.347 e. The molecule has 40 heavy (non-hydrogen) atoms. The normalized spacial score (nSPS) is 18.1. The first-order chi connectivity index (χ1) is 20.0. The van der Waals surface area contributed by atoms with E-state index in [2.05, 4.69) is 20.5 Å².